The predicted octanol–water partition coefficient (Wildman–Crippen LogP) is 5.44. The first-order chi connectivity index (χ1) is 12.2. The van der Waals surface area contributed by atoms with E-state index in [0.29, 0.717) is 6.10 Å². The third kappa shape index (κ3) is 4.02. The maximum Gasteiger partial charge on any atom is 0.161 e. The van der Waals surface area contributed by atoms with Gasteiger partial charge in [-0.15, -0.1) is 0 Å². The van der Waals surface area contributed by atoms with Crippen LogP contribution in [-0.4, -0.2) is 19.5 Å². The van der Waals surface area contributed by atoms with E-state index in [1.807, 2.05) is 0 Å². The summed E-state index contributed by atoms with van der Waals surface area (Å²) in [4.78, 5) is 11.2. The van der Waals surface area contributed by atoms with E-state index in [0.717, 1.165) is 62.7 Å². The van der Waals surface area contributed by atoms with E-state index in [9.17, 15) is 4.79 Å². The minimum atomic E-state index is 0.189. The molecule has 3 heteroatoms. The van der Waals surface area contributed by atoms with Gasteiger partial charge in [-0.2, -0.15) is 0 Å². The zero-order chi connectivity index (χ0) is 17.7. The van der Waals surface area contributed by atoms with Gasteiger partial charge >= 0.3 is 0 Å². The molecule has 3 nitrogen and oxygen atoms in total. The average molecular weight is 344 g/mol. The van der Waals surface area contributed by atoms with Crippen LogP contribution in [0.25, 0.3) is 0 Å². The second-order valence-corrected chi connectivity index (χ2v) is 7.89. The molecule has 0 N–H and O–H groups in total. The van der Waals surface area contributed by atoms with Gasteiger partial charge in [0.05, 0.1) is 13.2 Å². The Morgan fingerprint density at radius 1 is 1.12 bits per heavy atom. The number of methoxy groups -OCH3 is 1. The summed E-state index contributed by atoms with van der Waals surface area (Å²) in [6, 6.07) is 6.52. The van der Waals surface area contributed by atoms with Gasteiger partial charge in [0, 0.05) is 5.92 Å². The summed E-state index contributed by atoms with van der Waals surface area (Å²) in [5, 5.41) is 0. The second-order valence-electron chi connectivity index (χ2n) is 7.89. The van der Waals surface area contributed by atoms with Gasteiger partial charge in [-0.25, -0.2) is 0 Å². The molecule has 138 valence electrons. The third-order valence-electron chi connectivity index (χ3n) is 6.28. The van der Waals surface area contributed by atoms with E-state index in [2.05, 4.69) is 25.1 Å². The molecule has 2 aliphatic carbocycles. The molecule has 0 saturated heterocycles. The Morgan fingerprint density at radius 2 is 1.84 bits per heavy atom. The first-order valence-corrected chi connectivity index (χ1v) is 10.0. The summed E-state index contributed by atoms with van der Waals surface area (Å²) in [6.45, 7) is 2.26. The maximum atomic E-state index is 11.2. The van der Waals surface area contributed by atoms with Crippen LogP contribution >= 0.6 is 0 Å². The molecule has 0 radical (unpaired) electrons. The fraction of sp³-hybridized carbons (Fsp3) is 0.682. The van der Waals surface area contributed by atoms with Gasteiger partial charge in [0.1, 0.15) is 6.29 Å². The zero-order valence-electron chi connectivity index (χ0n) is 15.8. The van der Waals surface area contributed by atoms with Crippen molar-refractivity contribution in [2.45, 2.75) is 82.7 Å². The molecule has 1 aromatic rings. The van der Waals surface area contributed by atoms with E-state index in [1.165, 1.54) is 24.8 Å². The molecule has 0 spiro atoms. The molecule has 0 atom stereocenters. The molecule has 2 fully saturated rings. The Hall–Kier alpha value is -1.51. The summed E-state index contributed by atoms with van der Waals surface area (Å²) in [5.74, 6) is 1.99. The largest absolute Gasteiger partial charge is 0.493 e. The molecule has 1 aromatic carbocycles. The summed E-state index contributed by atoms with van der Waals surface area (Å²) in [7, 11) is 1.72. The van der Waals surface area contributed by atoms with Crippen molar-refractivity contribution in [1.29, 1.82) is 0 Å². The molecule has 3 rings (SSSR count). The monoisotopic (exact) mass is 344 g/mol. The number of carbonyl (C=O) groups is 1. The number of aldehydes is 1. The van der Waals surface area contributed by atoms with E-state index in [4.69, 9.17) is 9.47 Å². The number of rotatable bonds is 7. The summed E-state index contributed by atoms with van der Waals surface area (Å²) < 4.78 is 11.9. The third-order valence-corrected chi connectivity index (χ3v) is 6.28. The van der Waals surface area contributed by atoms with Gasteiger partial charge in [-0.1, -0.05) is 19.4 Å². The molecule has 0 amide bonds. The molecular formula is C22H32O3. The fourth-order valence-electron chi connectivity index (χ4n) is 4.77. The molecule has 25 heavy (non-hydrogen) atoms. The van der Waals surface area contributed by atoms with Crippen LogP contribution in [0.1, 0.15) is 76.7 Å². The number of benzene rings is 1. The van der Waals surface area contributed by atoms with Crippen molar-refractivity contribution < 1.29 is 14.3 Å². The smallest absolute Gasteiger partial charge is 0.161 e. The zero-order valence-corrected chi connectivity index (χ0v) is 15.8. The van der Waals surface area contributed by atoms with Crippen molar-refractivity contribution in [2.24, 2.45) is 5.92 Å². The van der Waals surface area contributed by atoms with Crippen molar-refractivity contribution in [3.8, 4) is 11.5 Å². The standard InChI is InChI=1S/C22H32O3/c1-3-12-22(13-10-17(16-23)11-14-22)18-8-9-20(24-2)21(15-18)25-19-6-4-5-7-19/h8-9,15-17,19H,3-7,10-14H2,1-2H3. The van der Waals surface area contributed by atoms with Crippen LogP contribution in [0.4, 0.5) is 0 Å². The van der Waals surface area contributed by atoms with Crippen LogP contribution in [-0.2, 0) is 10.2 Å². The maximum absolute atomic E-state index is 11.2. The number of ether oxygens (including phenoxy) is 2. The highest BCUT2D eigenvalue weighted by Crippen LogP contribution is 2.46. The number of hydrogen-bond acceptors (Lipinski definition) is 3. The Bertz CT molecular complexity index is 567. The Morgan fingerprint density at radius 3 is 2.44 bits per heavy atom. The minimum Gasteiger partial charge on any atom is -0.493 e. The normalized spacial score (nSPS) is 27.2. The van der Waals surface area contributed by atoms with Crippen molar-refractivity contribution in [3.05, 3.63) is 23.8 Å². The summed E-state index contributed by atoms with van der Waals surface area (Å²) in [6.07, 6.45) is 12.9. The van der Waals surface area contributed by atoms with Crippen molar-refractivity contribution in [1.82, 2.24) is 0 Å². The second kappa shape index (κ2) is 8.25. The van der Waals surface area contributed by atoms with Crippen LogP contribution in [0.15, 0.2) is 18.2 Å². The van der Waals surface area contributed by atoms with Gasteiger partial charge in [0.25, 0.3) is 0 Å². The van der Waals surface area contributed by atoms with Gasteiger partial charge < -0.3 is 14.3 Å². The van der Waals surface area contributed by atoms with Gasteiger partial charge in [-0.3, -0.25) is 0 Å². The van der Waals surface area contributed by atoms with E-state index < -0.39 is 0 Å². The van der Waals surface area contributed by atoms with Crippen LogP contribution in [0.3, 0.4) is 0 Å². The average Bonchev–Trinajstić information content (AvgIpc) is 3.15. The highest BCUT2D eigenvalue weighted by Gasteiger charge is 2.36. The molecule has 2 saturated carbocycles. The van der Waals surface area contributed by atoms with Crippen LogP contribution in [0.2, 0.25) is 0 Å². The Labute approximate surface area is 152 Å². The highest BCUT2D eigenvalue weighted by atomic mass is 16.5. The lowest BCUT2D eigenvalue weighted by molar-refractivity contribution is -0.112. The highest BCUT2D eigenvalue weighted by molar-refractivity contribution is 5.54. The lowest BCUT2D eigenvalue weighted by atomic mass is 9.64. The van der Waals surface area contributed by atoms with Crippen LogP contribution < -0.4 is 9.47 Å². The minimum absolute atomic E-state index is 0.189. The first kappa shape index (κ1) is 18.3. The van der Waals surface area contributed by atoms with Gasteiger partial charge in [0.15, 0.2) is 11.5 Å². The quantitative estimate of drug-likeness (QED) is 0.618. The molecular weight excluding hydrogens is 312 g/mol. The van der Waals surface area contributed by atoms with E-state index in [-0.39, 0.29) is 11.3 Å². The fourth-order valence-corrected chi connectivity index (χ4v) is 4.77. The summed E-state index contributed by atoms with van der Waals surface area (Å²) in [5.41, 5.74) is 1.56. The number of carbonyl (C=O) groups excluding carboxylic acids is 1. The first-order valence-electron chi connectivity index (χ1n) is 10.0. The van der Waals surface area contributed by atoms with Gasteiger partial charge in [-0.05, 0) is 80.9 Å². The van der Waals surface area contributed by atoms with Crippen molar-refractivity contribution in [2.75, 3.05) is 7.11 Å². The van der Waals surface area contributed by atoms with Crippen LogP contribution in [0, 0.1) is 5.92 Å². The van der Waals surface area contributed by atoms with Crippen molar-refractivity contribution >= 4 is 6.29 Å². The SMILES string of the molecule is CCCC1(c2ccc(OC)c(OC3CCCC3)c2)CCC(C=O)CC1. The molecule has 0 aromatic heterocycles. The number of hydrogen-bond donors (Lipinski definition) is 0. The molecule has 0 bridgehead atoms. The summed E-state index contributed by atoms with van der Waals surface area (Å²) >= 11 is 0. The lowest BCUT2D eigenvalue weighted by Gasteiger charge is -2.40. The van der Waals surface area contributed by atoms with Crippen molar-refractivity contribution in [3.63, 3.8) is 0 Å². The molecule has 0 unspecified atom stereocenters. The topological polar surface area (TPSA) is 35.5 Å². The van der Waals surface area contributed by atoms with E-state index in [1.54, 1.807) is 7.11 Å². The Balaban J connectivity index is 1.86. The van der Waals surface area contributed by atoms with Gasteiger partial charge in [0.2, 0.25) is 0 Å². The van der Waals surface area contributed by atoms with Crippen LogP contribution in [0.5, 0.6) is 11.5 Å². The molecule has 0 heterocycles. The van der Waals surface area contributed by atoms with E-state index >= 15 is 0 Å². The Kier molecular flexibility index (Phi) is 6.03. The lowest BCUT2D eigenvalue weighted by Crippen LogP contribution is -2.32. The molecule has 0 aliphatic heterocycles. The molecule has 2 aliphatic rings. The predicted molar refractivity (Wildman–Crippen MR) is 100 cm³/mol.